The first-order valence-electron chi connectivity index (χ1n) is 6.86. The van der Waals surface area contributed by atoms with Crippen LogP contribution >= 0.6 is 0 Å². The lowest BCUT2D eigenvalue weighted by Crippen LogP contribution is -2.41. The van der Waals surface area contributed by atoms with E-state index in [4.69, 9.17) is 10.5 Å². The molecule has 1 aliphatic rings. The zero-order valence-electron chi connectivity index (χ0n) is 12.0. The molecule has 0 aromatic heterocycles. The van der Waals surface area contributed by atoms with Gasteiger partial charge in [0.2, 0.25) is 10.0 Å². The maximum atomic E-state index is 12.3. The summed E-state index contributed by atoms with van der Waals surface area (Å²) in [6, 6.07) is 6.71. The van der Waals surface area contributed by atoms with Crippen molar-refractivity contribution in [1.29, 1.82) is 0 Å². The molecular formula is C14H22N2O3S. The number of nitrogens with zero attached hydrogens (tertiary/aromatic N) is 1. The molecule has 0 aliphatic heterocycles. The van der Waals surface area contributed by atoms with E-state index in [1.165, 1.54) is 18.4 Å². The molecule has 5 nitrogen and oxygen atoms in total. The largest absolute Gasteiger partial charge is 0.487 e. The molecule has 1 fully saturated rings. The minimum atomic E-state index is -3.51. The second kappa shape index (κ2) is 6.11. The Kier molecular flexibility index (Phi) is 4.67. The highest BCUT2D eigenvalue weighted by molar-refractivity contribution is 7.89. The molecule has 0 bridgehead atoms. The Hall–Kier alpha value is -1.11. The van der Waals surface area contributed by atoms with E-state index in [-0.39, 0.29) is 17.0 Å². The van der Waals surface area contributed by atoms with Crippen LogP contribution in [-0.2, 0) is 10.0 Å². The van der Waals surface area contributed by atoms with E-state index in [2.05, 4.69) is 0 Å². The molecule has 2 atom stereocenters. The first-order chi connectivity index (χ1) is 9.43. The van der Waals surface area contributed by atoms with E-state index < -0.39 is 10.0 Å². The Balaban J connectivity index is 2.29. The third kappa shape index (κ3) is 3.13. The van der Waals surface area contributed by atoms with E-state index in [1.807, 2.05) is 0 Å². The van der Waals surface area contributed by atoms with Crippen molar-refractivity contribution in [3.63, 3.8) is 0 Å². The lowest BCUT2D eigenvalue weighted by molar-refractivity contribution is 0.128. The van der Waals surface area contributed by atoms with Crippen molar-refractivity contribution in [1.82, 2.24) is 4.31 Å². The normalized spacial score (nSPS) is 23.8. The fraction of sp³-hybridized carbons (Fsp3) is 0.571. The minimum absolute atomic E-state index is 0.0288. The van der Waals surface area contributed by atoms with Gasteiger partial charge in [0.15, 0.2) is 0 Å². The molecule has 0 amide bonds. The third-order valence-corrected chi connectivity index (χ3v) is 5.49. The molecule has 112 valence electrons. The first kappa shape index (κ1) is 15.3. The molecule has 1 aromatic rings. The molecule has 0 radical (unpaired) electrons. The molecule has 0 spiro atoms. The fourth-order valence-electron chi connectivity index (χ4n) is 2.39. The minimum Gasteiger partial charge on any atom is -0.487 e. The molecule has 2 rings (SSSR count). The number of hydrogen-bond donors (Lipinski definition) is 1. The predicted octanol–water partition coefficient (Wildman–Crippen LogP) is 1.59. The summed E-state index contributed by atoms with van der Waals surface area (Å²) in [5.74, 6) is 0.392. The Morgan fingerprint density at radius 2 is 1.85 bits per heavy atom. The van der Waals surface area contributed by atoms with Crippen molar-refractivity contribution < 1.29 is 13.2 Å². The van der Waals surface area contributed by atoms with Crippen molar-refractivity contribution >= 4 is 10.0 Å². The maximum Gasteiger partial charge on any atom is 0.246 e. The summed E-state index contributed by atoms with van der Waals surface area (Å²) in [5, 5.41) is 0. The van der Waals surface area contributed by atoms with Crippen molar-refractivity contribution in [3.8, 4) is 5.75 Å². The molecule has 6 heteroatoms. The van der Waals surface area contributed by atoms with Crippen LogP contribution in [-0.4, -0.2) is 39.0 Å². The van der Waals surface area contributed by atoms with E-state index in [0.29, 0.717) is 5.75 Å². The first-order valence-corrected chi connectivity index (χ1v) is 8.30. The molecule has 1 aromatic carbocycles. The molecule has 1 aliphatic carbocycles. The Labute approximate surface area is 120 Å². The summed E-state index contributed by atoms with van der Waals surface area (Å²) >= 11 is 0. The average Bonchev–Trinajstić information content (AvgIpc) is 2.41. The highest BCUT2D eigenvalue weighted by Gasteiger charge is 2.27. The number of hydrogen-bond acceptors (Lipinski definition) is 4. The van der Waals surface area contributed by atoms with Crippen LogP contribution < -0.4 is 10.5 Å². The zero-order valence-corrected chi connectivity index (χ0v) is 12.8. The summed E-state index contributed by atoms with van der Waals surface area (Å²) in [6.45, 7) is 0. The van der Waals surface area contributed by atoms with E-state index in [1.54, 1.807) is 24.3 Å². The summed E-state index contributed by atoms with van der Waals surface area (Å²) in [7, 11) is -0.484. The van der Waals surface area contributed by atoms with Crippen LogP contribution in [0.5, 0.6) is 5.75 Å². The number of sulfonamides is 1. The van der Waals surface area contributed by atoms with Gasteiger partial charge in [0, 0.05) is 20.1 Å². The molecule has 0 heterocycles. The van der Waals surface area contributed by atoms with Gasteiger partial charge in [0.1, 0.15) is 16.7 Å². The Morgan fingerprint density at radius 3 is 2.50 bits per heavy atom. The second-order valence-corrected chi connectivity index (χ2v) is 7.46. The van der Waals surface area contributed by atoms with Gasteiger partial charge in [-0.2, -0.15) is 0 Å². The Morgan fingerprint density at radius 1 is 1.20 bits per heavy atom. The summed E-state index contributed by atoms with van der Waals surface area (Å²) < 4.78 is 31.7. The SMILES string of the molecule is CN(C)S(=O)(=O)c1ccccc1OC1CCCCC1N. The topological polar surface area (TPSA) is 72.6 Å². The van der Waals surface area contributed by atoms with Crippen molar-refractivity contribution in [3.05, 3.63) is 24.3 Å². The third-order valence-electron chi connectivity index (χ3n) is 3.64. The van der Waals surface area contributed by atoms with Crippen LogP contribution in [0.2, 0.25) is 0 Å². The van der Waals surface area contributed by atoms with Gasteiger partial charge in [-0.1, -0.05) is 18.6 Å². The van der Waals surface area contributed by atoms with Gasteiger partial charge in [0.05, 0.1) is 0 Å². The van der Waals surface area contributed by atoms with Gasteiger partial charge >= 0.3 is 0 Å². The monoisotopic (exact) mass is 298 g/mol. The molecule has 2 unspecified atom stereocenters. The van der Waals surface area contributed by atoms with Gasteiger partial charge in [-0.05, 0) is 31.4 Å². The van der Waals surface area contributed by atoms with Crippen LogP contribution in [0.4, 0.5) is 0 Å². The lowest BCUT2D eigenvalue weighted by Gasteiger charge is -2.30. The lowest BCUT2D eigenvalue weighted by atomic mass is 9.93. The summed E-state index contributed by atoms with van der Waals surface area (Å²) in [4.78, 5) is 0.197. The highest BCUT2D eigenvalue weighted by Crippen LogP contribution is 2.29. The second-order valence-electron chi connectivity index (χ2n) is 5.34. The van der Waals surface area contributed by atoms with Crippen LogP contribution in [0.15, 0.2) is 29.2 Å². The van der Waals surface area contributed by atoms with E-state index in [0.717, 1.165) is 25.7 Å². The van der Waals surface area contributed by atoms with Crippen LogP contribution in [0.3, 0.4) is 0 Å². The quantitative estimate of drug-likeness (QED) is 0.916. The van der Waals surface area contributed by atoms with Crippen molar-refractivity contribution in [2.75, 3.05) is 14.1 Å². The molecule has 2 N–H and O–H groups in total. The standard InChI is InChI=1S/C14H22N2O3S/c1-16(2)20(17,18)14-10-6-5-9-13(14)19-12-8-4-3-7-11(12)15/h5-6,9-12H,3-4,7-8,15H2,1-2H3. The number of benzene rings is 1. The van der Waals surface area contributed by atoms with Crippen molar-refractivity contribution in [2.45, 2.75) is 42.7 Å². The molecule has 20 heavy (non-hydrogen) atoms. The fourth-order valence-corrected chi connectivity index (χ4v) is 3.41. The highest BCUT2D eigenvalue weighted by atomic mass is 32.2. The summed E-state index contributed by atoms with van der Waals surface area (Å²) in [6.07, 6.45) is 3.87. The number of rotatable bonds is 4. The average molecular weight is 298 g/mol. The van der Waals surface area contributed by atoms with Crippen LogP contribution in [0.25, 0.3) is 0 Å². The van der Waals surface area contributed by atoms with Gasteiger partial charge in [-0.15, -0.1) is 0 Å². The predicted molar refractivity (Wildman–Crippen MR) is 78.2 cm³/mol. The van der Waals surface area contributed by atoms with Crippen molar-refractivity contribution in [2.24, 2.45) is 5.73 Å². The van der Waals surface area contributed by atoms with E-state index >= 15 is 0 Å². The molecule has 0 saturated heterocycles. The maximum absolute atomic E-state index is 12.3. The molecular weight excluding hydrogens is 276 g/mol. The number of nitrogens with two attached hydrogens (primary N) is 1. The molecule has 1 saturated carbocycles. The van der Waals surface area contributed by atoms with Gasteiger partial charge < -0.3 is 10.5 Å². The van der Waals surface area contributed by atoms with Crippen LogP contribution in [0.1, 0.15) is 25.7 Å². The Bertz CT molecular complexity index is 557. The zero-order chi connectivity index (χ0) is 14.8. The number of para-hydroxylation sites is 1. The van der Waals surface area contributed by atoms with Gasteiger partial charge in [-0.3, -0.25) is 0 Å². The smallest absolute Gasteiger partial charge is 0.246 e. The van der Waals surface area contributed by atoms with E-state index in [9.17, 15) is 8.42 Å². The number of ether oxygens (including phenoxy) is 1. The summed E-state index contributed by atoms with van der Waals surface area (Å²) in [5.41, 5.74) is 6.06. The van der Waals surface area contributed by atoms with Crippen LogP contribution in [0, 0.1) is 0 Å². The van der Waals surface area contributed by atoms with Gasteiger partial charge in [-0.25, -0.2) is 12.7 Å². The van der Waals surface area contributed by atoms with Gasteiger partial charge in [0.25, 0.3) is 0 Å².